The van der Waals surface area contributed by atoms with Crippen LogP contribution in [0.15, 0.2) is 17.5 Å². The van der Waals surface area contributed by atoms with Crippen molar-refractivity contribution in [3.63, 3.8) is 0 Å². The van der Waals surface area contributed by atoms with Crippen LogP contribution < -0.4 is 0 Å². The first-order valence-corrected chi connectivity index (χ1v) is 5.83. The fourth-order valence-corrected chi connectivity index (χ4v) is 2.95. The minimum Gasteiger partial charge on any atom is -0.148 e. The molecule has 0 spiro atoms. The number of halogens is 1. The quantitative estimate of drug-likeness (QED) is 0.690. The molecule has 1 atom stereocenters. The number of thiophene rings is 1. The third kappa shape index (κ3) is 2.06. The molecular formula is C9H11BrS. The highest BCUT2D eigenvalue weighted by Crippen LogP contribution is 2.42. The van der Waals surface area contributed by atoms with E-state index in [1.807, 2.05) is 11.3 Å². The Labute approximate surface area is 79.8 Å². The van der Waals surface area contributed by atoms with Crippen LogP contribution in [0.1, 0.15) is 29.0 Å². The van der Waals surface area contributed by atoms with Crippen molar-refractivity contribution in [2.45, 2.75) is 24.1 Å². The molecule has 1 saturated carbocycles. The molecule has 2 heteroatoms. The molecule has 0 saturated heterocycles. The zero-order valence-electron chi connectivity index (χ0n) is 6.29. The lowest BCUT2D eigenvalue weighted by Gasteiger charge is -2.04. The van der Waals surface area contributed by atoms with E-state index in [2.05, 4.69) is 33.4 Å². The van der Waals surface area contributed by atoms with Gasteiger partial charge in [0.05, 0.1) is 0 Å². The van der Waals surface area contributed by atoms with Gasteiger partial charge < -0.3 is 0 Å². The molecule has 1 aliphatic carbocycles. The Morgan fingerprint density at radius 2 is 2.45 bits per heavy atom. The smallest absolute Gasteiger partial charge is 0.0491 e. The maximum atomic E-state index is 3.72. The Bertz CT molecular complexity index is 213. The SMILES string of the molecule is BrC(CC1CC1)c1cccs1. The van der Waals surface area contributed by atoms with E-state index in [0.29, 0.717) is 4.83 Å². The van der Waals surface area contributed by atoms with Gasteiger partial charge in [0.15, 0.2) is 0 Å². The highest BCUT2D eigenvalue weighted by Gasteiger charge is 2.25. The Morgan fingerprint density at radius 1 is 1.64 bits per heavy atom. The summed E-state index contributed by atoms with van der Waals surface area (Å²) >= 11 is 5.57. The van der Waals surface area contributed by atoms with E-state index in [4.69, 9.17) is 0 Å². The van der Waals surface area contributed by atoms with Gasteiger partial charge in [-0.3, -0.25) is 0 Å². The van der Waals surface area contributed by atoms with Crippen LogP contribution in [0, 0.1) is 5.92 Å². The van der Waals surface area contributed by atoms with Crippen LogP contribution in [0.3, 0.4) is 0 Å². The summed E-state index contributed by atoms with van der Waals surface area (Å²) in [7, 11) is 0. The molecule has 0 N–H and O–H groups in total. The topological polar surface area (TPSA) is 0 Å². The lowest BCUT2D eigenvalue weighted by molar-refractivity contribution is 0.728. The number of rotatable bonds is 3. The Kier molecular flexibility index (Phi) is 2.33. The Morgan fingerprint density at radius 3 is 3.00 bits per heavy atom. The molecule has 1 heterocycles. The van der Waals surface area contributed by atoms with Crippen LogP contribution >= 0.6 is 27.3 Å². The van der Waals surface area contributed by atoms with Crippen molar-refractivity contribution in [3.8, 4) is 0 Å². The fourth-order valence-electron chi connectivity index (χ4n) is 1.23. The van der Waals surface area contributed by atoms with Crippen molar-refractivity contribution >= 4 is 27.3 Å². The lowest BCUT2D eigenvalue weighted by atomic mass is 10.2. The summed E-state index contributed by atoms with van der Waals surface area (Å²) in [5.41, 5.74) is 0. The van der Waals surface area contributed by atoms with Gasteiger partial charge >= 0.3 is 0 Å². The maximum absolute atomic E-state index is 3.72. The Hall–Kier alpha value is 0.180. The normalized spacial score (nSPS) is 20.1. The molecule has 0 nitrogen and oxygen atoms in total. The van der Waals surface area contributed by atoms with E-state index in [9.17, 15) is 0 Å². The van der Waals surface area contributed by atoms with Crippen LogP contribution in [0.25, 0.3) is 0 Å². The Balaban J connectivity index is 1.93. The highest BCUT2D eigenvalue weighted by atomic mass is 79.9. The minimum atomic E-state index is 0.620. The van der Waals surface area contributed by atoms with Gasteiger partial charge in [0.1, 0.15) is 0 Å². The molecule has 1 unspecified atom stereocenters. The zero-order valence-corrected chi connectivity index (χ0v) is 8.70. The van der Waals surface area contributed by atoms with Crippen LogP contribution in [0.5, 0.6) is 0 Å². The summed E-state index contributed by atoms with van der Waals surface area (Å²) in [6.45, 7) is 0. The maximum Gasteiger partial charge on any atom is 0.0491 e. The van der Waals surface area contributed by atoms with Crippen molar-refractivity contribution in [3.05, 3.63) is 22.4 Å². The van der Waals surface area contributed by atoms with Gasteiger partial charge in [-0.2, -0.15) is 0 Å². The summed E-state index contributed by atoms with van der Waals surface area (Å²) in [5.74, 6) is 1.02. The second-order valence-corrected chi connectivity index (χ2v) is 5.25. The van der Waals surface area contributed by atoms with E-state index in [0.717, 1.165) is 5.92 Å². The van der Waals surface area contributed by atoms with Crippen molar-refractivity contribution in [2.75, 3.05) is 0 Å². The van der Waals surface area contributed by atoms with Gasteiger partial charge in [-0.25, -0.2) is 0 Å². The number of hydrogen-bond donors (Lipinski definition) is 0. The number of alkyl halides is 1. The first-order chi connectivity index (χ1) is 5.36. The van der Waals surface area contributed by atoms with Gasteiger partial charge in [0.25, 0.3) is 0 Å². The van der Waals surface area contributed by atoms with E-state index < -0.39 is 0 Å². The second kappa shape index (κ2) is 3.28. The van der Waals surface area contributed by atoms with Gasteiger partial charge in [0.2, 0.25) is 0 Å². The molecule has 60 valence electrons. The molecule has 1 aromatic rings. The molecule has 0 amide bonds. The summed E-state index contributed by atoms with van der Waals surface area (Å²) in [5, 5.41) is 2.15. The summed E-state index contributed by atoms with van der Waals surface area (Å²) < 4.78 is 0. The van der Waals surface area contributed by atoms with E-state index in [1.54, 1.807) is 0 Å². The van der Waals surface area contributed by atoms with E-state index in [-0.39, 0.29) is 0 Å². The van der Waals surface area contributed by atoms with Crippen LogP contribution in [0.4, 0.5) is 0 Å². The van der Waals surface area contributed by atoms with Crippen molar-refractivity contribution in [1.29, 1.82) is 0 Å². The molecule has 0 radical (unpaired) electrons. The van der Waals surface area contributed by atoms with Gasteiger partial charge in [-0.1, -0.05) is 34.8 Å². The first kappa shape index (κ1) is 7.81. The largest absolute Gasteiger partial charge is 0.148 e. The molecule has 0 bridgehead atoms. The van der Waals surface area contributed by atoms with Crippen LogP contribution in [-0.4, -0.2) is 0 Å². The van der Waals surface area contributed by atoms with E-state index in [1.165, 1.54) is 24.1 Å². The summed E-state index contributed by atoms with van der Waals surface area (Å²) in [6, 6.07) is 4.34. The van der Waals surface area contributed by atoms with Crippen molar-refractivity contribution in [1.82, 2.24) is 0 Å². The van der Waals surface area contributed by atoms with Crippen molar-refractivity contribution in [2.24, 2.45) is 5.92 Å². The summed E-state index contributed by atoms with van der Waals surface area (Å²) in [6.07, 6.45) is 4.24. The molecule has 2 rings (SSSR count). The van der Waals surface area contributed by atoms with E-state index >= 15 is 0 Å². The molecule has 1 aliphatic rings. The first-order valence-electron chi connectivity index (χ1n) is 4.04. The molecule has 1 fully saturated rings. The standard InChI is InChI=1S/C9H11BrS/c10-8(6-7-3-4-7)9-2-1-5-11-9/h1-2,5,7-8H,3-4,6H2. The van der Waals surface area contributed by atoms with Gasteiger partial charge in [0, 0.05) is 9.70 Å². The number of hydrogen-bond acceptors (Lipinski definition) is 1. The summed E-state index contributed by atoms with van der Waals surface area (Å²) in [4.78, 5) is 2.10. The fraction of sp³-hybridized carbons (Fsp3) is 0.556. The van der Waals surface area contributed by atoms with Crippen LogP contribution in [0.2, 0.25) is 0 Å². The third-order valence-corrected chi connectivity index (χ3v) is 4.25. The van der Waals surface area contributed by atoms with Gasteiger partial charge in [-0.15, -0.1) is 11.3 Å². The van der Waals surface area contributed by atoms with Crippen LogP contribution in [-0.2, 0) is 0 Å². The minimum absolute atomic E-state index is 0.620. The van der Waals surface area contributed by atoms with Gasteiger partial charge in [-0.05, 0) is 23.8 Å². The lowest BCUT2D eigenvalue weighted by Crippen LogP contribution is -1.86. The molecular weight excluding hydrogens is 220 g/mol. The van der Waals surface area contributed by atoms with Crippen molar-refractivity contribution < 1.29 is 0 Å². The second-order valence-electron chi connectivity index (χ2n) is 3.16. The average molecular weight is 231 g/mol. The molecule has 11 heavy (non-hydrogen) atoms. The monoisotopic (exact) mass is 230 g/mol. The molecule has 1 aromatic heterocycles. The highest BCUT2D eigenvalue weighted by molar-refractivity contribution is 9.09. The molecule has 0 aromatic carbocycles. The predicted molar refractivity (Wildman–Crippen MR) is 53.3 cm³/mol. The molecule has 0 aliphatic heterocycles. The average Bonchev–Trinajstić information content (AvgIpc) is 2.67. The zero-order chi connectivity index (χ0) is 7.68. The predicted octanol–water partition coefficient (Wildman–Crippen LogP) is 3.98. The third-order valence-electron chi connectivity index (χ3n) is 2.09.